The van der Waals surface area contributed by atoms with Crippen molar-refractivity contribution in [2.24, 2.45) is 11.7 Å². The Hall–Kier alpha value is -0.450. The lowest BCUT2D eigenvalue weighted by molar-refractivity contribution is 0.113. The number of halogens is 2. The van der Waals surface area contributed by atoms with Gasteiger partial charge in [0.05, 0.1) is 4.47 Å². The van der Waals surface area contributed by atoms with Crippen LogP contribution in [0.4, 0.5) is 4.39 Å². The van der Waals surface area contributed by atoms with Crippen molar-refractivity contribution in [1.29, 1.82) is 0 Å². The zero-order valence-electron chi connectivity index (χ0n) is 10.7. The van der Waals surface area contributed by atoms with E-state index in [-0.39, 0.29) is 5.82 Å². The Morgan fingerprint density at radius 2 is 2.22 bits per heavy atom. The maximum Gasteiger partial charge on any atom is 0.137 e. The minimum atomic E-state index is -0.187. The summed E-state index contributed by atoms with van der Waals surface area (Å²) in [7, 11) is 0. The van der Waals surface area contributed by atoms with E-state index in [1.807, 2.05) is 6.07 Å². The number of nitrogens with two attached hydrogens (primary N) is 1. The van der Waals surface area contributed by atoms with Crippen molar-refractivity contribution in [2.75, 3.05) is 13.1 Å². The van der Waals surface area contributed by atoms with E-state index in [0.717, 1.165) is 25.2 Å². The predicted molar refractivity (Wildman–Crippen MR) is 75.8 cm³/mol. The number of nitrogens with zero attached hydrogens (tertiary/aromatic N) is 1. The van der Waals surface area contributed by atoms with Crippen LogP contribution in [0, 0.1) is 11.7 Å². The molecule has 1 saturated heterocycles. The third-order valence-electron chi connectivity index (χ3n) is 3.85. The molecular formula is C14H20BrFN2. The van der Waals surface area contributed by atoms with Crippen LogP contribution >= 0.6 is 15.9 Å². The number of benzene rings is 1. The first-order valence-corrected chi connectivity index (χ1v) is 7.28. The van der Waals surface area contributed by atoms with Gasteiger partial charge in [-0.2, -0.15) is 0 Å². The summed E-state index contributed by atoms with van der Waals surface area (Å²) in [4.78, 5) is 2.40. The van der Waals surface area contributed by atoms with Crippen molar-refractivity contribution in [2.45, 2.75) is 32.4 Å². The summed E-state index contributed by atoms with van der Waals surface area (Å²) in [5.41, 5.74) is 6.78. The van der Waals surface area contributed by atoms with E-state index < -0.39 is 0 Å². The molecular weight excluding hydrogens is 295 g/mol. The van der Waals surface area contributed by atoms with E-state index in [1.54, 1.807) is 6.07 Å². The van der Waals surface area contributed by atoms with Crippen molar-refractivity contribution in [3.63, 3.8) is 0 Å². The van der Waals surface area contributed by atoms with Gasteiger partial charge in [0.25, 0.3) is 0 Å². The van der Waals surface area contributed by atoms with Gasteiger partial charge >= 0.3 is 0 Å². The highest BCUT2D eigenvalue weighted by Crippen LogP contribution is 2.26. The topological polar surface area (TPSA) is 29.3 Å². The molecule has 1 aliphatic heterocycles. The van der Waals surface area contributed by atoms with Crippen LogP contribution in [0.2, 0.25) is 0 Å². The Morgan fingerprint density at radius 1 is 1.44 bits per heavy atom. The van der Waals surface area contributed by atoms with Crippen LogP contribution < -0.4 is 5.73 Å². The van der Waals surface area contributed by atoms with Crippen LogP contribution in [0.5, 0.6) is 0 Å². The lowest BCUT2D eigenvalue weighted by atomic mass is 9.93. The second-order valence-corrected chi connectivity index (χ2v) is 5.96. The minimum Gasteiger partial charge on any atom is -0.330 e. The van der Waals surface area contributed by atoms with Crippen molar-refractivity contribution < 1.29 is 4.39 Å². The molecule has 1 heterocycles. The normalized spacial score (nSPS) is 25.3. The molecule has 1 fully saturated rings. The molecule has 2 rings (SSSR count). The summed E-state index contributed by atoms with van der Waals surface area (Å²) in [5, 5.41) is 0. The van der Waals surface area contributed by atoms with Gasteiger partial charge in [-0.1, -0.05) is 12.1 Å². The molecule has 18 heavy (non-hydrogen) atoms. The Kier molecular flexibility index (Phi) is 4.76. The van der Waals surface area contributed by atoms with Gasteiger partial charge < -0.3 is 5.73 Å². The van der Waals surface area contributed by atoms with E-state index in [4.69, 9.17) is 5.73 Å². The number of rotatable bonds is 3. The number of hydrogen-bond donors (Lipinski definition) is 1. The molecule has 0 radical (unpaired) electrons. The van der Waals surface area contributed by atoms with E-state index in [0.29, 0.717) is 16.4 Å². The van der Waals surface area contributed by atoms with Crippen LogP contribution in [0.3, 0.4) is 0 Å². The molecule has 0 aromatic heterocycles. The van der Waals surface area contributed by atoms with Crippen LogP contribution in [-0.2, 0) is 6.54 Å². The van der Waals surface area contributed by atoms with Crippen molar-refractivity contribution >= 4 is 15.9 Å². The fraction of sp³-hybridized carbons (Fsp3) is 0.571. The second-order valence-electron chi connectivity index (χ2n) is 5.17. The smallest absolute Gasteiger partial charge is 0.137 e. The van der Waals surface area contributed by atoms with Gasteiger partial charge in [-0.3, -0.25) is 4.90 Å². The number of hydrogen-bond acceptors (Lipinski definition) is 2. The number of piperidine rings is 1. The largest absolute Gasteiger partial charge is 0.330 e. The Morgan fingerprint density at radius 3 is 2.94 bits per heavy atom. The van der Waals surface area contributed by atoms with E-state index in [2.05, 4.69) is 27.8 Å². The summed E-state index contributed by atoms with van der Waals surface area (Å²) in [6.07, 6.45) is 2.38. The molecule has 2 unspecified atom stereocenters. The lowest BCUT2D eigenvalue weighted by Gasteiger charge is -2.37. The molecule has 0 spiro atoms. The molecule has 0 amide bonds. The summed E-state index contributed by atoms with van der Waals surface area (Å²) >= 11 is 3.33. The zero-order chi connectivity index (χ0) is 13.1. The zero-order valence-corrected chi connectivity index (χ0v) is 12.3. The monoisotopic (exact) mass is 314 g/mol. The average Bonchev–Trinajstić information content (AvgIpc) is 2.37. The summed E-state index contributed by atoms with van der Waals surface area (Å²) in [5.74, 6) is 0.390. The molecule has 0 aliphatic carbocycles. The van der Waals surface area contributed by atoms with Crippen LogP contribution in [0.15, 0.2) is 22.7 Å². The Labute approximate surface area is 116 Å². The molecule has 1 aromatic rings. The highest BCUT2D eigenvalue weighted by molar-refractivity contribution is 9.10. The third kappa shape index (κ3) is 3.11. The highest BCUT2D eigenvalue weighted by atomic mass is 79.9. The van der Waals surface area contributed by atoms with Crippen molar-refractivity contribution in [3.8, 4) is 0 Å². The Bertz CT molecular complexity index is 411. The van der Waals surface area contributed by atoms with Crippen molar-refractivity contribution in [1.82, 2.24) is 4.90 Å². The fourth-order valence-electron chi connectivity index (χ4n) is 2.56. The van der Waals surface area contributed by atoms with Gasteiger partial charge in [-0.05, 0) is 59.8 Å². The molecule has 0 saturated carbocycles. The first-order chi connectivity index (χ1) is 8.61. The standard InChI is InChI=1S/C14H20BrFN2/c1-10-5-6-11(7-17)8-18(10)9-12-3-2-4-13(16)14(12)15/h2-4,10-11H,5-9,17H2,1H3. The van der Waals surface area contributed by atoms with Crippen molar-refractivity contribution in [3.05, 3.63) is 34.1 Å². The van der Waals surface area contributed by atoms with Crippen LogP contribution in [0.25, 0.3) is 0 Å². The minimum absolute atomic E-state index is 0.187. The lowest BCUT2D eigenvalue weighted by Crippen LogP contribution is -2.43. The van der Waals surface area contributed by atoms with E-state index in [9.17, 15) is 4.39 Å². The van der Waals surface area contributed by atoms with Crippen LogP contribution in [0.1, 0.15) is 25.3 Å². The number of likely N-dealkylation sites (tertiary alicyclic amines) is 1. The average molecular weight is 315 g/mol. The van der Waals surface area contributed by atoms with Gasteiger partial charge in [-0.15, -0.1) is 0 Å². The van der Waals surface area contributed by atoms with Gasteiger partial charge in [0.1, 0.15) is 5.82 Å². The fourth-order valence-corrected chi connectivity index (χ4v) is 2.95. The predicted octanol–water partition coefficient (Wildman–Crippen LogP) is 3.15. The maximum atomic E-state index is 13.5. The second kappa shape index (κ2) is 6.13. The van der Waals surface area contributed by atoms with E-state index >= 15 is 0 Å². The molecule has 1 aromatic carbocycles. The molecule has 4 heteroatoms. The molecule has 1 aliphatic rings. The first kappa shape index (κ1) is 14.0. The van der Waals surface area contributed by atoms with Gasteiger partial charge in [0.2, 0.25) is 0 Å². The quantitative estimate of drug-likeness (QED) is 0.928. The van der Waals surface area contributed by atoms with Gasteiger partial charge in [0.15, 0.2) is 0 Å². The molecule has 2 nitrogen and oxygen atoms in total. The summed E-state index contributed by atoms with van der Waals surface area (Å²) in [6, 6.07) is 5.77. The SMILES string of the molecule is CC1CCC(CN)CN1Cc1cccc(F)c1Br. The van der Waals surface area contributed by atoms with E-state index in [1.165, 1.54) is 18.9 Å². The van der Waals surface area contributed by atoms with Gasteiger partial charge in [0, 0.05) is 19.1 Å². The molecule has 2 N–H and O–H groups in total. The van der Waals surface area contributed by atoms with Crippen LogP contribution in [-0.4, -0.2) is 24.0 Å². The molecule has 2 atom stereocenters. The molecule has 100 valence electrons. The summed E-state index contributed by atoms with van der Waals surface area (Å²) in [6.45, 7) is 4.78. The third-order valence-corrected chi connectivity index (χ3v) is 4.74. The summed E-state index contributed by atoms with van der Waals surface area (Å²) < 4.78 is 14.1. The highest BCUT2D eigenvalue weighted by Gasteiger charge is 2.25. The first-order valence-electron chi connectivity index (χ1n) is 6.48. The molecule has 0 bridgehead atoms. The maximum absolute atomic E-state index is 13.5. The van der Waals surface area contributed by atoms with Gasteiger partial charge in [-0.25, -0.2) is 4.39 Å². The Balaban J connectivity index is 2.09.